The minimum Gasteiger partial charge on any atom is -0.380 e. The van der Waals surface area contributed by atoms with Crippen molar-refractivity contribution in [3.8, 4) is 0 Å². The van der Waals surface area contributed by atoms with Gasteiger partial charge in [-0.3, -0.25) is 4.79 Å². The molecule has 1 heterocycles. The van der Waals surface area contributed by atoms with E-state index in [2.05, 4.69) is 16.0 Å². The van der Waals surface area contributed by atoms with E-state index in [1.54, 1.807) is 12.1 Å². The standard InChI is InChI=1S/C15H20FN3O/c1-17-14(20)10-2-3-13(12(16)6-10)19-11-7-15(8-11)4-5-18-9-15/h2-3,6,11,18-19H,4-5,7-9H2,1H3,(H,17,20). The first-order valence-electron chi connectivity index (χ1n) is 7.11. The first-order valence-corrected chi connectivity index (χ1v) is 7.11. The van der Waals surface area contributed by atoms with Gasteiger partial charge >= 0.3 is 0 Å². The molecule has 1 aromatic carbocycles. The average molecular weight is 277 g/mol. The van der Waals surface area contributed by atoms with Crippen LogP contribution in [-0.4, -0.2) is 32.1 Å². The SMILES string of the molecule is CNC(=O)c1ccc(NC2CC3(CCNC3)C2)c(F)c1. The summed E-state index contributed by atoms with van der Waals surface area (Å²) in [5, 5.41) is 9.13. The summed E-state index contributed by atoms with van der Waals surface area (Å²) in [4.78, 5) is 11.4. The molecule has 3 N–H and O–H groups in total. The third-order valence-electron chi connectivity index (χ3n) is 4.51. The molecule has 0 radical (unpaired) electrons. The van der Waals surface area contributed by atoms with Crippen molar-refractivity contribution in [2.75, 3.05) is 25.5 Å². The Morgan fingerprint density at radius 2 is 2.25 bits per heavy atom. The number of carbonyl (C=O) groups excluding carboxylic acids is 1. The first kappa shape index (κ1) is 13.4. The summed E-state index contributed by atoms with van der Waals surface area (Å²) in [6.07, 6.45) is 3.41. The molecule has 1 aliphatic carbocycles. The molecule has 1 aliphatic heterocycles. The van der Waals surface area contributed by atoms with Gasteiger partial charge in [-0.2, -0.15) is 0 Å². The zero-order chi connectivity index (χ0) is 14.2. The lowest BCUT2D eigenvalue weighted by atomic mass is 9.65. The van der Waals surface area contributed by atoms with Gasteiger partial charge in [0.05, 0.1) is 5.69 Å². The molecule has 1 amide bonds. The summed E-state index contributed by atoms with van der Waals surface area (Å²) in [5.41, 5.74) is 1.28. The molecule has 4 nitrogen and oxygen atoms in total. The predicted octanol–water partition coefficient (Wildman–Crippen LogP) is 1.74. The minimum absolute atomic E-state index is 0.268. The van der Waals surface area contributed by atoms with Gasteiger partial charge in [-0.15, -0.1) is 0 Å². The van der Waals surface area contributed by atoms with E-state index < -0.39 is 0 Å². The van der Waals surface area contributed by atoms with Crippen LogP contribution in [0, 0.1) is 11.2 Å². The molecule has 0 atom stereocenters. The molecule has 1 saturated heterocycles. The number of amides is 1. The molecule has 0 bridgehead atoms. The number of anilines is 1. The van der Waals surface area contributed by atoms with E-state index in [1.807, 2.05) is 0 Å². The highest BCUT2D eigenvalue weighted by Crippen LogP contribution is 2.46. The summed E-state index contributed by atoms with van der Waals surface area (Å²) in [5.74, 6) is -0.633. The Morgan fingerprint density at radius 3 is 2.85 bits per heavy atom. The zero-order valence-electron chi connectivity index (χ0n) is 11.6. The Labute approximate surface area is 118 Å². The van der Waals surface area contributed by atoms with Crippen molar-refractivity contribution in [3.05, 3.63) is 29.6 Å². The van der Waals surface area contributed by atoms with Crippen LogP contribution in [0.25, 0.3) is 0 Å². The van der Waals surface area contributed by atoms with Gasteiger partial charge in [-0.25, -0.2) is 4.39 Å². The second kappa shape index (κ2) is 5.05. The van der Waals surface area contributed by atoms with Gasteiger partial charge < -0.3 is 16.0 Å². The molecule has 2 aliphatic rings. The second-order valence-corrected chi connectivity index (χ2v) is 5.95. The van der Waals surface area contributed by atoms with Crippen molar-refractivity contribution in [1.29, 1.82) is 0 Å². The summed E-state index contributed by atoms with van der Waals surface area (Å²) >= 11 is 0. The van der Waals surface area contributed by atoms with Crippen LogP contribution in [0.4, 0.5) is 10.1 Å². The molecule has 1 spiro atoms. The Hall–Kier alpha value is -1.62. The molecule has 0 aromatic heterocycles. The largest absolute Gasteiger partial charge is 0.380 e. The molecule has 2 fully saturated rings. The van der Waals surface area contributed by atoms with E-state index in [4.69, 9.17) is 0 Å². The van der Waals surface area contributed by atoms with Crippen molar-refractivity contribution in [1.82, 2.24) is 10.6 Å². The van der Waals surface area contributed by atoms with Gasteiger partial charge in [0.2, 0.25) is 0 Å². The number of hydrogen-bond donors (Lipinski definition) is 3. The van der Waals surface area contributed by atoms with Gasteiger partial charge in [0.15, 0.2) is 0 Å². The topological polar surface area (TPSA) is 53.2 Å². The van der Waals surface area contributed by atoms with Crippen LogP contribution in [0.2, 0.25) is 0 Å². The van der Waals surface area contributed by atoms with E-state index >= 15 is 0 Å². The third-order valence-corrected chi connectivity index (χ3v) is 4.51. The maximum atomic E-state index is 14.0. The van der Waals surface area contributed by atoms with Crippen molar-refractivity contribution < 1.29 is 9.18 Å². The third kappa shape index (κ3) is 2.38. The lowest BCUT2D eigenvalue weighted by molar-refractivity contribution is 0.0962. The maximum Gasteiger partial charge on any atom is 0.251 e. The number of rotatable bonds is 3. The average Bonchev–Trinajstić information content (AvgIpc) is 2.89. The lowest BCUT2D eigenvalue weighted by Crippen LogP contribution is -2.46. The fourth-order valence-electron chi connectivity index (χ4n) is 3.37. The van der Waals surface area contributed by atoms with Crippen LogP contribution < -0.4 is 16.0 Å². The number of nitrogens with one attached hydrogen (secondary N) is 3. The van der Waals surface area contributed by atoms with Crippen molar-refractivity contribution in [2.45, 2.75) is 25.3 Å². The quantitative estimate of drug-likeness (QED) is 0.789. The van der Waals surface area contributed by atoms with Crippen LogP contribution in [0.5, 0.6) is 0 Å². The number of hydrogen-bond acceptors (Lipinski definition) is 3. The molecular weight excluding hydrogens is 257 g/mol. The van der Waals surface area contributed by atoms with Crippen LogP contribution >= 0.6 is 0 Å². The summed E-state index contributed by atoms with van der Waals surface area (Å²) in [6, 6.07) is 4.93. The van der Waals surface area contributed by atoms with E-state index in [1.165, 1.54) is 19.5 Å². The van der Waals surface area contributed by atoms with Gasteiger partial charge in [0.1, 0.15) is 5.82 Å². The highest BCUT2D eigenvalue weighted by molar-refractivity contribution is 5.94. The van der Waals surface area contributed by atoms with E-state index in [0.29, 0.717) is 22.7 Å². The monoisotopic (exact) mass is 277 g/mol. The lowest BCUT2D eigenvalue weighted by Gasteiger charge is -2.45. The maximum absolute atomic E-state index is 14.0. The van der Waals surface area contributed by atoms with E-state index in [9.17, 15) is 9.18 Å². The second-order valence-electron chi connectivity index (χ2n) is 5.95. The highest BCUT2D eigenvalue weighted by atomic mass is 19.1. The van der Waals surface area contributed by atoms with Crippen molar-refractivity contribution in [3.63, 3.8) is 0 Å². The molecule has 3 rings (SSSR count). The smallest absolute Gasteiger partial charge is 0.251 e. The molecule has 20 heavy (non-hydrogen) atoms. The fourth-order valence-corrected chi connectivity index (χ4v) is 3.37. The Morgan fingerprint density at radius 1 is 1.45 bits per heavy atom. The van der Waals surface area contributed by atoms with Crippen molar-refractivity contribution in [2.24, 2.45) is 5.41 Å². The predicted molar refractivity (Wildman–Crippen MR) is 76.4 cm³/mol. The summed E-state index contributed by atoms with van der Waals surface area (Å²) in [6.45, 7) is 2.19. The van der Waals surface area contributed by atoms with Crippen LogP contribution in [0.3, 0.4) is 0 Å². The molecule has 1 saturated carbocycles. The van der Waals surface area contributed by atoms with Gasteiger partial charge in [0, 0.05) is 25.2 Å². The van der Waals surface area contributed by atoms with Gasteiger partial charge in [0.25, 0.3) is 5.91 Å². The molecular formula is C15H20FN3O. The number of carbonyl (C=O) groups is 1. The highest BCUT2D eigenvalue weighted by Gasteiger charge is 2.45. The number of halogens is 1. The van der Waals surface area contributed by atoms with E-state index in [0.717, 1.165) is 25.9 Å². The first-order chi connectivity index (χ1) is 9.62. The molecule has 108 valence electrons. The zero-order valence-corrected chi connectivity index (χ0v) is 11.6. The van der Waals surface area contributed by atoms with Gasteiger partial charge in [-0.05, 0) is 49.4 Å². The normalized spacial score (nSPS) is 28.2. The molecule has 0 unspecified atom stereocenters. The molecule has 1 aromatic rings. The molecule has 5 heteroatoms. The summed E-state index contributed by atoms with van der Waals surface area (Å²) in [7, 11) is 1.54. The Kier molecular flexibility index (Phi) is 3.38. The summed E-state index contributed by atoms with van der Waals surface area (Å²) < 4.78 is 14.0. The van der Waals surface area contributed by atoms with Crippen LogP contribution in [-0.2, 0) is 0 Å². The fraction of sp³-hybridized carbons (Fsp3) is 0.533. The van der Waals surface area contributed by atoms with Crippen molar-refractivity contribution >= 4 is 11.6 Å². The van der Waals surface area contributed by atoms with Crippen LogP contribution in [0.1, 0.15) is 29.6 Å². The van der Waals surface area contributed by atoms with Gasteiger partial charge in [-0.1, -0.05) is 0 Å². The number of benzene rings is 1. The van der Waals surface area contributed by atoms with E-state index in [-0.39, 0.29) is 11.7 Å². The Balaban J connectivity index is 1.62. The Bertz CT molecular complexity index is 518. The van der Waals surface area contributed by atoms with Crippen LogP contribution in [0.15, 0.2) is 18.2 Å². The minimum atomic E-state index is -0.364.